The minimum atomic E-state index is 0.484. The first-order valence-corrected chi connectivity index (χ1v) is 6.11. The third kappa shape index (κ3) is 1.77. The number of benzene rings is 1. The Morgan fingerprint density at radius 2 is 2.24 bits per heavy atom. The third-order valence-corrected chi connectivity index (χ3v) is 3.57. The maximum Gasteiger partial charge on any atom is 0.239 e. The monoisotopic (exact) mass is 265 g/mol. The Kier molecular flexibility index (Phi) is 2.31. The van der Waals surface area contributed by atoms with Crippen molar-refractivity contribution in [3.8, 4) is 10.8 Å². The first kappa shape index (κ1) is 10.6. The molecule has 0 saturated heterocycles. The van der Waals surface area contributed by atoms with Gasteiger partial charge in [-0.3, -0.25) is 0 Å². The lowest BCUT2D eigenvalue weighted by Crippen LogP contribution is -1.84. The number of oxazole rings is 1. The molecule has 2 aromatic heterocycles. The highest BCUT2D eigenvalue weighted by Crippen LogP contribution is 2.31. The molecule has 0 spiro atoms. The van der Waals surface area contributed by atoms with Crippen LogP contribution in [0.4, 0.5) is 5.69 Å². The molecule has 0 atom stereocenters. The third-order valence-electron chi connectivity index (χ3n) is 2.34. The van der Waals surface area contributed by atoms with Gasteiger partial charge in [0.15, 0.2) is 5.58 Å². The molecule has 3 rings (SSSR count). The summed E-state index contributed by atoms with van der Waals surface area (Å²) in [7, 11) is 0. The van der Waals surface area contributed by atoms with Crippen molar-refractivity contribution in [2.75, 3.05) is 5.73 Å². The minimum Gasteiger partial charge on any atom is -0.435 e. The van der Waals surface area contributed by atoms with Crippen LogP contribution in [0.1, 0.15) is 5.01 Å². The first-order chi connectivity index (χ1) is 8.13. The molecule has 0 bridgehead atoms. The highest BCUT2D eigenvalue weighted by atomic mass is 35.5. The summed E-state index contributed by atoms with van der Waals surface area (Å²) in [5.41, 5.74) is 7.53. The molecule has 1 aromatic carbocycles. The van der Waals surface area contributed by atoms with Gasteiger partial charge < -0.3 is 10.2 Å². The van der Waals surface area contributed by atoms with Crippen molar-refractivity contribution in [2.24, 2.45) is 0 Å². The van der Waals surface area contributed by atoms with Gasteiger partial charge in [-0.15, -0.1) is 11.3 Å². The fraction of sp³-hybridized carbons (Fsp3) is 0.0909. The fourth-order valence-electron chi connectivity index (χ4n) is 1.53. The zero-order valence-corrected chi connectivity index (χ0v) is 10.5. The smallest absolute Gasteiger partial charge is 0.239 e. The second kappa shape index (κ2) is 3.72. The number of fused-ring (bicyclic) bond motifs is 1. The second-order valence-electron chi connectivity index (χ2n) is 3.60. The molecule has 17 heavy (non-hydrogen) atoms. The molecule has 0 amide bonds. The van der Waals surface area contributed by atoms with Gasteiger partial charge >= 0.3 is 0 Å². The summed E-state index contributed by atoms with van der Waals surface area (Å²) in [6, 6.07) is 3.38. The molecule has 3 aromatic rings. The van der Waals surface area contributed by atoms with Crippen LogP contribution in [0.2, 0.25) is 5.02 Å². The molecule has 2 heterocycles. The predicted molar refractivity (Wildman–Crippen MR) is 69.3 cm³/mol. The Hall–Kier alpha value is -1.59. The van der Waals surface area contributed by atoms with Crippen LogP contribution < -0.4 is 5.73 Å². The lowest BCUT2D eigenvalue weighted by atomic mass is 10.3. The normalized spacial score (nSPS) is 11.2. The molecule has 0 aliphatic rings. The standard InChI is InChI=1S/C11H8ClN3OS/c1-5-14-4-10(17-5)11-15-8-2-6(12)7(13)3-9(8)16-11/h2-4H,13H2,1H3. The summed E-state index contributed by atoms with van der Waals surface area (Å²) in [4.78, 5) is 9.42. The maximum absolute atomic E-state index is 5.93. The van der Waals surface area contributed by atoms with Gasteiger partial charge in [-0.05, 0) is 13.0 Å². The lowest BCUT2D eigenvalue weighted by molar-refractivity contribution is 0.621. The summed E-state index contributed by atoms with van der Waals surface area (Å²) in [6.45, 7) is 1.94. The number of nitrogen functional groups attached to an aromatic ring is 1. The Morgan fingerprint density at radius 3 is 2.94 bits per heavy atom. The topological polar surface area (TPSA) is 64.9 Å². The lowest BCUT2D eigenvalue weighted by Gasteiger charge is -1.94. The zero-order valence-electron chi connectivity index (χ0n) is 8.90. The second-order valence-corrected chi connectivity index (χ2v) is 5.25. The average Bonchev–Trinajstić information content (AvgIpc) is 2.85. The number of thiazole rings is 1. The number of nitrogens with two attached hydrogens (primary N) is 1. The van der Waals surface area contributed by atoms with E-state index in [0.29, 0.717) is 27.7 Å². The fourth-order valence-corrected chi connectivity index (χ4v) is 2.39. The van der Waals surface area contributed by atoms with Crippen molar-refractivity contribution in [1.82, 2.24) is 9.97 Å². The molecule has 6 heteroatoms. The first-order valence-electron chi connectivity index (χ1n) is 4.92. The van der Waals surface area contributed by atoms with Crippen molar-refractivity contribution in [2.45, 2.75) is 6.92 Å². The van der Waals surface area contributed by atoms with Gasteiger partial charge in [-0.1, -0.05) is 11.6 Å². The van der Waals surface area contributed by atoms with Crippen LogP contribution in [0.15, 0.2) is 22.7 Å². The summed E-state index contributed by atoms with van der Waals surface area (Å²) in [6.07, 6.45) is 1.75. The van der Waals surface area contributed by atoms with Crippen LogP contribution in [-0.4, -0.2) is 9.97 Å². The van der Waals surface area contributed by atoms with Crippen LogP contribution in [0.5, 0.6) is 0 Å². The van der Waals surface area contributed by atoms with Gasteiger partial charge in [0.1, 0.15) is 10.4 Å². The van der Waals surface area contributed by atoms with E-state index in [4.69, 9.17) is 21.8 Å². The summed E-state index contributed by atoms with van der Waals surface area (Å²) < 4.78 is 5.62. The van der Waals surface area contributed by atoms with E-state index < -0.39 is 0 Å². The van der Waals surface area contributed by atoms with E-state index in [2.05, 4.69) is 9.97 Å². The molecular weight excluding hydrogens is 258 g/mol. The maximum atomic E-state index is 5.93. The van der Waals surface area contributed by atoms with E-state index in [0.717, 1.165) is 9.88 Å². The van der Waals surface area contributed by atoms with Gasteiger partial charge in [0.05, 0.1) is 21.9 Å². The molecule has 0 aliphatic heterocycles. The van der Waals surface area contributed by atoms with Crippen LogP contribution >= 0.6 is 22.9 Å². The molecule has 0 radical (unpaired) electrons. The number of hydrogen-bond acceptors (Lipinski definition) is 5. The summed E-state index contributed by atoms with van der Waals surface area (Å²) in [5.74, 6) is 0.548. The van der Waals surface area contributed by atoms with Gasteiger partial charge in [0.2, 0.25) is 5.89 Å². The Morgan fingerprint density at radius 1 is 1.41 bits per heavy atom. The molecule has 2 N–H and O–H groups in total. The summed E-state index contributed by atoms with van der Waals surface area (Å²) in [5, 5.41) is 1.46. The van der Waals surface area contributed by atoms with E-state index >= 15 is 0 Å². The largest absolute Gasteiger partial charge is 0.435 e. The van der Waals surface area contributed by atoms with Crippen LogP contribution in [0, 0.1) is 6.92 Å². The number of aryl methyl sites for hydroxylation is 1. The van der Waals surface area contributed by atoms with E-state index in [-0.39, 0.29) is 0 Å². The van der Waals surface area contributed by atoms with Crippen molar-refractivity contribution in [3.63, 3.8) is 0 Å². The molecule has 0 fully saturated rings. The highest BCUT2D eigenvalue weighted by Gasteiger charge is 2.12. The van der Waals surface area contributed by atoms with Crippen LogP contribution in [0.3, 0.4) is 0 Å². The SMILES string of the molecule is Cc1ncc(-c2nc3cc(Cl)c(N)cc3o2)s1. The van der Waals surface area contributed by atoms with Crippen molar-refractivity contribution in [3.05, 3.63) is 28.4 Å². The van der Waals surface area contributed by atoms with Gasteiger partial charge in [0, 0.05) is 6.07 Å². The molecule has 86 valence electrons. The van der Waals surface area contributed by atoms with Gasteiger partial charge in [0.25, 0.3) is 0 Å². The molecule has 0 aliphatic carbocycles. The van der Waals surface area contributed by atoms with Gasteiger partial charge in [-0.25, -0.2) is 9.97 Å². The number of rotatable bonds is 1. The quantitative estimate of drug-likeness (QED) is 0.684. The van der Waals surface area contributed by atoms with Crippen LogP contribution in [-0.2, 0) is 0 Å². The Balaban J connectivity index is 2.19. The Bertz CT molecular complexity index is 665. The summed E-state index contributed by atoms with van der Waals surface area (Å²) >= 11 is 7.46. The van der Waals surface area contributed by atoms with E-state index in [1.165, 1.54) is 11.3 Å². The highest BCUT2D eigenvalue weighted by molar-refractivity contribution is 7.14. The molecule has 0 saturated carbocycles. The molecule has 0 unspecified atom stereocenters. The molecule has 4 nitrogen and oxygen atoms in total. The number of hydrogen-bond donors (Lipinski definition) is 1. The minimum absolute atomic E-state index is 0.484. The molecular formula is C11H8ClN3OS. The van der Waals surface area contributed by atoms with Crippen LogP contribution in [0.25, 0.3) is 21.9 Å². The van der Waals surface area contributed by atoms with Crippen molar-refractivity contribution >= 4 is 39.7 Å². The van der Waals surface area contributed by atoms with Gasteiger partial charge in [-0.2, -0.15) is 0 Å². The van der Waals surface area contributed by atoms with E-state index in [9.17, 15) is 0 Å². The van der Waals surface area contributed by atoms with Crippen molar-refractivity contribution < 1.29 is 4.42 Å². The number of aromatic nitrogens is 2. The zero-order chi connectivity index (χ0) is 12.0. The number of nitrogens with zero attached hydrogens (tertiary/aromatic N) is 2. The average molecular weight is 266 g/mol. The number of anilines is 1. The van der Waals surface area contributed by atoms with Crippen molar-refractivity contribution in [1.29, 1.82) is 0 Å². The van der Waals surface area contributed by atoms with E-state index in [1.807, 2.05) is 6.92 Å². The number of halogens is 1. The Labute approximate surface area is 106 Å². The predicted octanol–water partition coefficient (Wildman–Crippen LogP) is 3.50. The van der Waals surface area contributed by atoms with E-state index in [1.54, 1.807) is 18.3 Å².